The van der Waals surface area contributed by atoms with Gasteiger partial charge in [-0.1, -0.05) is 0 Å². The van der Waals surface area contributed by atoms with E-state index in [-0.39, 0.29) is 18.0 Å². The minimum atomic E-state index is -1.18. The average Bonchev–Trinajstić information content (AvgIpc) is 2.83. The van der Waals surface area contributed by atoms with Crippen molar-refractivity contribution in [2.24, 2.45) is 0 Å². The van der Waals surface area contributed by atoms with Crippen LogP contribution < -0.4 is 10.2 Å². The fourth-order valence-corrected chi connectivity index (χ4v) is 1.59. The topological polar surface area (TPSA) is 81.7 Å². The Morgan fingerprint density at radius 2 is 2.33 bits per heavy atom. The molecule has 94 valence electrons. The van der Waals surface area contributed by atoms with E-state index in [4.69, 9.17) is 14.3 Å². The van der Waals surface area contributed by atoms with E-state index < -0.39 is 11.4 Å². The summed E-state index contributed by atoms with van der Waals surface area (Å²) in [5, 5.41) is 9.05. The summed E-state index contributed by atoms with van der Waals surface area (Å²) in [4.78, 5) is 22.6. The largest absolute Gasteiger partial charge is 0.491 e. The van der Waals surface area contributed by atoms with Crippen LogP contribution in [0.4, 0.5) is 0 Å². The summed E-state index contributed by atoms with van der Waals surface area (Å²) < 4.78 is 11.4. The number of nitrogens with zero attached hydrogens (tertiary/aromatic N) is 1. The van der Waals surface area contributed by atoms with Crippen molar-refractivity contribution < 1.29 is 19.1 Å². The van der Waals surface area contributed by atoms with Crippen molar-refractivity contribution in [2.45, 2.75) is 6.54 Å². The van der Waals surface area contributed by atoms with Gasteiger partial charge in [0.15, 0.2) is 5.75 Å². The van der Waals surface area contributed by atoms with E-state index in [9.17, 15) is 9.59 Å². The number of pyridine rings is 1. The van der Waals surface area contributed by atoms with Crippen LogP contribution in [0.3, 0.4) is 0 Å². The van der Waals surface area contributed by atoms with Crippen molar-refractivity contribution >= 4 is 5.97 Å². The molecular weight excluding hydrogens is 238 g/mol. The molecular formula is C12H11NO5. The molecule has 0 amide bonds. The Balaban J connectivity index is 2.49. The molecule has 0 fully saturated rings. The normalized spacial score (nSPS) is 10.3. The van der Waals surface area contributed by atoms with Crippen LogP contribution in [0.2, 0.25) is 0 Å². The van der Waals surface area contributed by atoms with E-state index >= 15 is 0 Å². The maximum Gasteiger partial charge on any atom is 0.352 e. The van der Waals surface area contributed by atoms with Gasteiger partial charge in [0.25, 0.3) is 0 Å². The molecule has 2 rings (SSSR count). The molecule has 2 heterocycles. The number of ether oxygens (including phenoxy) is 1. The quantitative estimate of drug-likeness (QED) is 0.880. The van der Waals surface area contributed by atoms with Gasteiger partial charge < -0.3 is 18.8 Å². The van der Waals surface area contributed by atoms with Gasteiger partial charge >= 0.3 is 5.97 Å². The highest BCUT2D eigenvalue weighted by molar-refractivity contribution is 5.85. The Kier molecular flexibility index (Phi) is 3.18. The number of carbonyl (C=O) groups is 1. The Morgan fingerprint density at radius 3 is 2.89 bits per heavy atom. The number of hydrogen-bond donors (Lipinski definition) is 1. The highest BCUT2D eigenvalue weighted by Crippen LogP contribution is 2.10. The van der Waals surface area contributed by atoms with E-state index in [0.29, 0.717) is 5.76 Å². The maximum absolute atomic E-state index is 11.5. The van der Waals surface area contributed by atoms with Crippen molar-refractivity contribution in [1.82, 2.24) is 4.57 Å². The lowest BCUT2D eigenvalue weighted by Crippen LogP contribution is -2.18. The van der Waals surface area contributed by atoms with E-state index in [1.807, 2.05) is 0 Å². The predicted molar refractivity (Wildman–Crippen MR) is 62.0 cm³/mol. The van der Waals surface area contributed by atoms with Gasteiger partial charge in [-0.05, 0) is 12.1 Å². The Morgan fingerprint density at radius 1 is 1.56 bits per heavy atom. The molecule has 1 N–H and O–H groups in total. The summed E-state index contributed by atoms with van der Waals surface area (Å²) in [6.45, 7) is 0.214. The fraction of sp³-hybridized carbons (Fsp3) is 0.167. The van der Waals surface area contributed by atoms with Gasteiger partial charge in [-0.15, -0.1) is 0 Å². The Labute approximate surface area is 102 Å². The molecule has 0 aliphatic heterocycles. The Bertz CT molecular complexity index is 612. The molecule has 2 aromatic rings. The summed E-state index contributed by atoms with van der Waals surface area (Å²) in [7, 11) is 1.36. The summed E-state index contributed by atoms with van der Waals surface area (Å²) in [5.41, 5.74) is -0.581. The van der Waals surface area contributed by atoms with Crippen LogP contribution in [-0.2, 0) is 6.54 Å². The number of rotatable bonds is 4. The Hall–Kier alpha value is -2.50. The van der Waals surface area contributed by atoms with Crippen LogP contribution in [0, 0.1) is 0 Å². The molecule has 0 bridgehead atoms. The van der Waals surface area contributed by atoms with Crippen LogP contribution in [-0.4, -0.2) is 22.8 Å². The predicted octanol–water partition coefficient (Wildman–Crippen LogP) is 1.20. The molecule has 2 aromatic heterocycles. The standard InChI is InChI=1S/C12H11NO5/c1-17-11-7-13(6-8-3-2-4-18-8)9(12(15)16)5-10(11)14/h2-5,7H,6H2,1H3,(H,15,16). The number of aromatic nitrogens is 1. The third kappa shape index (κ3) is 2.27. The molecule has 0 unspecified atom stereocenters. The fourth-order valence-electron chi connectivity index (χ4n) is 1.59. The second-order valence-electron chi connectivity index (χ2n) is 3.60. The molecule has 0 aliphatic rings. The first-order valence-corrected chi connectivity index (χ1v) is 5.16. The van der Waals surface area contributed by atoms with E-state index in [1.165, 1.54) is 24.1 Å². The minimum Gasteiger partial charge on any atom is -0.491 e. The van der Waals surface area contributed by atoms with Crippen molar-refractivity contribution in [3.05, 3.63) is 52.3 Å². The molecule has 0 aromatic carbocycles. The van der Waals surface area contributed by atoms with Gasteiger partial charge in [-0.3, -0.25) is 4.79 Å². The van der Waals surface area contributed by atoms with Crippen LogP contribution in [0.25, 0.3) is 0 Å². The third-order valence-corrected chi connectivity index (χ3v) is 2.44. The highest BCUT2D eigenvalue weighted by atomic mass is 16.5. The maximum atomic E-state index is 11.5. The SMILES string of the molecule is COc1cn(Cc2ccco2)c(C(=O)O)cc1=O. The molecule has 6 heteroatoms. The summed E-state index contributed by atoms with van der Waals surface area (Å²) in [6.07, 6.45) is 2.85. The molecule has 0 aliphatic carbocycles. The van der Waals surface area contributed by atoms with Crippen LogP contribution in [0.15, 0.2) is 39.9 Å². The molecule has 18 heavy (non-hydrogen) atoms. The van der Waals surface area contributed by atoms with Gasteiger partial charge in [0.2, 0.25) is 5.43 Å². The zero-order valence-electron chi connectivity index (χ0n) is 9.62. The minimum absolute atomic E-state index is 0.0894. The smallest absolute Gasteiger partial charge is 0.352 e. The van der Waals surface area contributed by atoms with E-state index in [0.717, 1.165) is 6.07 Å². The van der Waals surface area contributed by atoms with Crippen molar-refractivity contribution in [2.75, 3.05) is 7.11 Å². The molecule has 0 saturated heterocycles. The number of aromatic carboxylic acids is 1. The average molecular weight is 249 g/mol. The summed E-state index contributed by atoms with van der Waals surface area (Å²) in [6, 6.07) is 4.45. The van der Waals surface area contributed by atoms with E-state index in [2.05, 4.69) is 0 Å². The van der Waals surface area contributed by atoms with E-state index in [1.54, 1.807) is 12.1 Å². The van der Waals surface area contributed by atoms with Crippen molar-refractivity contribution in [3.8, 4) is 5.75 Å². The zero-order chi connectivity index (χ0) is 13.1. The first kappa shape index (κ1) is 12.0. The number of furan rings is 1. The van der Waals surface area contributed by atoms with Gasteiger partial charge in [0.1, 0.15) is 11.5 Å². The molecule has 0 radical (unpaired) electrons. The highest BCUT2D eigenvalue weighted by Gasteiger charge is 2.13. The lowest BCUT2D eigenvalue weighted by atomic mass is 10.3. The van der Waals surface area contributed by atoms with Gasteiger partial charge in [-0.25, -0.2) is 4.79 Å². The second kappa shape index (κ2) is 4.79. The van der Waals surface area contributed by atoms with Crippen LogP contribution in [0.1, 0.15) is 16.2 Å². The van der Waals surface area contributed by atoms with Crippen molar-refractivity contribution in [1.29, 1.82) is 0 Å². The van der Waals surface area contributed by atoms with Crippen LogP contribution >= 0.6 is 0 Å². The van der Waals surface area contributed by atoms with Crippen LogP contribution in [0.5, 0.6) is 5.75 Å². The number of methoxy groups -OCH3 is 1. The number of carboxylic acids is 1. The molecule has 0 saturated carbocycles. The van der Waals surface area contributed by atoms with Crippen molar-refractivity contribution in [3.63, 3.8) is 0 Å². The summed E-state index contributed by atoms with van der Waals surface area (Å²) in [5.74, 6) is -0.504. The van der Waals surface area contributed by atoms with Gasteiger partial charge in [-0.2, -0.15) is 0 Å². The number of carboxylic acid groups (broad SMARTS) is 1. The second-order valence-corrected chi connectivity index (χ2v) is 3.60. The summed E-state index contributed by atoms with van der Waals surface area (Å²) >= 11 is 0. The zero-order valence-corrected chi connectivity index (χ0v) is 9.62. The number of hydrogen-bond acceptors (Lipinski definition) is 4. The lowest BCUT2D eigenvalue weighted by Gasteiger charge is -2.10. The van der Waals surface area contributed by atoms with Gasteiger partial charge in [0, 0.05) is 6.07 Å². The molecule has 0 atom stereocenters. The third-order valence-electron chi connectivity index (χ3n) is 2.44. The molecule has 6 nitrogen and oxygen atoms in total. The molecule has 0 spiro atoms. The monoisotopic (exact) mass is 249 g/mol. The lowest BCUT2D eigenvalue weighted by molar-refractivity contribution is 0.0684. The first-order chi connectivity index (χ1) is 8.61. The first-order valence-electron chi connectivity index (χ1n) is 5.16. The van der Waals surface area contributed by atoms with Gasteiger partial charge in [0.05, 0.1) is 26.1 Å².